The summed E-state index contributed by atoms with van der Waals surface area (Å²) in [5.41, 5.74) is 1.92. The topological polar surface area (TPSA) is 111 Å². The predicted molar refractivity (Wildman–Crippen MR) is 117 cm³/mol. The van der Waals surface area contributed by atoms with E-state index in [4.69, 9.17) is 4.74 Å². The highest BCUT2D eigenvalue weighted by molar-refractivity contribution is 6.04. The van der Waals surface area contributed by atoms with Crippen LogP contribution in [-0.2, 0) is 11.3 Å². The molecule has 0 aliphatic carbocycles. The van der Waals surface area contributed by atoms with Crippen LogP contribution in [0.3, 0.4) is 0 Å². The van der Waals surface area contributed by atoms with E-state index in [2.05, 4.69) is 25.7 Å². The first kappa shape index (κ1) is 24.9. The molecule has 0 aliphatic heterocycles. The summed E-state index contributed by atoms with van der Waals surface area (Å²) in [6.45, 7) is 4.59. The lowest BCUT2D eigenvalue weighted by Crippen LogP contribution is -2.36. The molecule has 2 amide bonds. The van der Waals surface area contributed by atoms with E-state index in [-0.39, 0.29) is 36.5 Å². The summed E-state index contributed by atoms with van der Waals surface area (Å²) in [6.07, 6.45) is 0.124. The van der Waals surface area contributed by atoms with E-state index in [9.17, 15) is 22.8 Å². The van der Waals surface area contributed by atoms with E-state index >= 15 is 0 Å². The summed E-state index contributed by atoms with van der Waals surface area (Å²) in [5, 5.41) is 10.4. The molecule has 0 bridgehead atoms. The molecule has 182 valence electrons. The Balaban J connectivity index is 1.67. The molecule has 0 spiro atoms. The number of rotatable bonds is 9. The van der Waals surface area contributed by atoms with Crippen molar-refractivity contribution in [3.8, 4) is 5.88 Å². The number of fused-ring (bicyclic) bond motifs is 1. The third-order valence-electron chi connectivity index (χ3n) is 4.73. The smallest absolute Gasteiger partial charge is 0.422 e. The summed E-state index contributed by atoms with van der Waals surface area (Å²) in [5.74, 6) is -0.716. The molecule has 0 atom stereocenters. The van der Waals surface area contributed by atoms with Gasteiger partial charge in [-0.1, -0.05) is 13.8 Å². The molecule has 0 unspecified atom stereocenters. The van der Waals surface area contributed by atoms with Gasteiger partial charge in [-0.25, -0.2) is 4.98 Å². The van der Waals surface area contributed by atoms with Crippen molar-refractivity contribution in [3.05, 3.63) is 47.5 Å². The Morgan fingerprint density at radius 1 is 1.18 bits per heavy atom. The zero-order chi connectivity index (χ0) is 24.9. The fraction of sp³-hybridized carbons (Fsp3) is 0.409. The zero-order valence-electron chi connectivity index (χ0n) is 18.9. The van der Waals surface area contributed by atoms with Gasteiger partial charge in [-0.2, -0.15) is 18.3 Å². The molecular weight excluding hydrogens is 453 g/mol. The Hall–Kier alpha value is -3.70. The van der Waals surface area contributed by atoms with Crippen LogP contribution in [0.15, 0.2) is 30.7 Å². The third kappa shape index (κ3) is 6.65. The molecule has 0 fully saturated rings. The minimum atomic E-state index is -4.44. The number of carbonyl (C=O) groups excluding carboxylic acids is 2. The van der Waals surface area contributed by atoms with E-state index < -0.39 is 18.7 Å². The van der Waals surface area contributed by atoms with Gasteiger partial charge in [0.05, 0.1) is 17.4 Å². The highest BCUT2D eigenvalue weighted by atomic mass is 19.4. The Labute approximate surface area is 193 Å². The van der Waals surface area contributed by atoms with Crippen molar-refractivity contribution in [1.82, 2.24) is 30.4 Å². The monoisotopic (exact) mass is 478 g/mol. The van der Waals surface area contributed by atoms with E-state index in [0.29, 0.717) is 28.6 Å². The first-order chi connectivity index (χ1) is 16.0. The molecule has 3 rings (SSSR count). The molecule has 0 saturated heterocycles. The van der Waals surface area contributed by atoms with Crippen LogP contribution in [0.5, 0.6) is 5.88 Å². The number of carbonyl (C=O) groups is 2. The Bertz CT molecular complexity index is 1180. The SMILES string of the molecule is Cc1cc(Cn2cc3c(C(=O)NCCNC(=O)C(C)C)nccc3n2)cnc1OCC(F)(F)F. The van der Waals surface area contributed by atoms with Crippen molar-refractivity contribution in [2.75, 3.05) is 19.7 Å². The first-order valence-electron chi connectivity index (χ1n) is 10.6. The fourth-order valence-corrected chi connectivity index (χ4v) is 3.10. The number of halogens is 3. The molecule has 3 aromatic rings. The van der Waals surface area contributed by atoms with Crippen molar-refractivity contribution in [2.45, 2.75) is 33.5 Å². The molecule has 3 heterocycles. The van der Waals surface area contributed by atoms with Gasteiger partial charge >= 0.3 is 6.18 Å². The van der Waals surface area contributed by atoms with Gasteiger partial charge in [0.2, 0.25) is 11.8 Å². The van der Waals surface area contributed by atoms with Crippen LogP contribution in [0, 0.1) is 12.8 Å². The highest BCUT2D eigenvalue weighted by Crippen LogP contribution is 2.21. The maximum Gasteiger partial charge on any atom is 0.422 e. The number of nitrogens with one attached hydrogen (secondary N) is 2. The van der Waals surface area contributed by atoms with Gasteiger partial charge < -0.3 is 15.4 Å². The molecule has 0 saturated carbocycles. The van der Waals surface area contributed by atoms with Gasteiger partial charge in [0.1, 0.15) is 5.69 Å². The molecule has 0 radical (unpaired) electrons. The summed E-state index contributed by atoms with van der Waals surface area (Å²) in [4.78, 5) is 32.3. The van der Waals surface area contributed by atoms with Gasteiger partial charge in [-0.05, 0) is 24.6 Å². The number of amides is 2. The number of alkyl halides is 3. The second kappa shape index (κ2) is 10.5. The van der Waals surface area contributed by atoms with Crippen LogP contribution >= 0.6 is 0 Å². The van der Waals surface area contributed by atoms with E-state index in [1.165, 1.54) is 12.4 Å². The predicted octanol–water partition coefficient (Wildman–Crippen LogP) is 2.63. The van der Waals surface area contributed by atoms with Gasteiger partial charge in [0.25, 0.3) is 5.91 Å². The third-order valence-corrected chi connectivity index (χ3v) is 4.73. The summed E-state index contributed by atoms with van der Waals surface area (Å²) < 4.78 is 43.4. The maximum absolute atomic E-state index is 12.6. The standard InChI is InChI=1S/C22H25F3N6O3/c1-13(2)19(32)27-6-7-28-20(33)18-16-11-31(30-17(16)4-5-26-18)10-15-8-14(3)21(29-9-15)34-12-22(23,24)25/h4-5,8-9,11,13H,6-7,10,12H2,1-3H3,(H,27,32)(H,28,33). The van der Waals surface area contributed by atoms with Crippen molar-refractivity contribution in [1.29, 1.82) is 0 Å². The van der Waals surface area contributed by atoms with Crippen LogP contribution in [0.25, 0.3) is 10.9 Å². The fourth-order valence-electron chi connectivity index (χ4n) is 3.10. The second-order valence-electron chi connectivity index (χ2n) is 7.99. The van der Waals surface area contributed by atoms with Crippen molar-refractivity contribution >= 4 is 22.7 Å². The minimum absolute atomic E-state index is 0.0838. The lowest BCUT2D eigenvalue weighted by molar-refractivity contribution is -0.154. The first-order valence-corrected chi connectivity index (χ1v) is 10.6. The average molecular weight is 478 g/mol. The lowest BCUT2D eigenvalue weighted by Gasteiger charge is -2.11. The van der Waals surface area contributed by atoms with Gasteiger partial charge in [-0.15, -0.1) is 0 Å². The number of hydrogen-bond donors (Lipinski definition) is 2. The summed E-state index contributed by atoms with van der Waals surface area (Å²) in [6, 6.07) is 3.34. The Kier molecular flexibility index (Phi) is 7.69. The maximum atomic E-state index is 12.6. The molecule has 12 heteroatoms. The molecule has 2 N–H and O–H groups in total. The molecule has 0 aromatic carbocycles. The quantitative estimate of drug-likeness (QED) is 0.458. The molecular formula is C22H25F3N6O3. The van der Waals surface area contributed by atoms with Crippen LogP contribution in [0.2, 0.25) is 0 Å². The Morgan fingerprint density at radius 2 is 1.91 bits per heavy atom. The lowest BCUT2D eigenvalue weighted by atomic mass is 10.2. The van der Waals surface area contributed by atoms with Gasteiger partial charge in [-0.3, -0.25) is 19.3 Å². The number of pyridine rings is 2. The van der Waals surface area contributed by atoms with Gasteiger partial charge in [0.15, 0.2) is 6.61 Å². The van der Waals surface area contributed by atoms with Crippen molar-refractivity contribution in [2.24, 2.45) is 5.92 Å². The van der Waals surface area contributed by atoms with E-state index in [0.717, 1.165) is 0 Å². The second-order valence-corrected chi connectivity index (χ2v) is 7.99. The van der Waals surface area contributed by atoms with Crippen LogP contribution in [0.1, 0.15) is 35.5 Å². The van der Waals surface area contributed by atoms with E-state index in [1.54, 1.807) is 43.8 Å². The molecule has 9 nitrogen and oxygen atoms in total. The Morgan fingerprint density at radius 3 is 2.59 bits per heavy atom. The highest BCUT2D eigenvalue weighted by Gasteiger charge is 2.29. The number of nitrogens with zero attached hydrogens (tertiary/aromatic N) is 4. The average Bonchev–Trinajstić information content (AvgIpc) is 3.17. The molecule has 0 aliphatic rings. The number of aromatic nitrogens is 4. The number of ether oxygens (including phenoxy) is 1. The van der Waals surface area contributed by atoms with E-state index in [1.807, 2.05) is 0 Å². The molecule has 34 heavy (non-hydrogen) atoms. The van der Waals surface area contributed by atoms with Crippen LogP contribution < -0.4 is 15.4 Å². The van der Waals surface area contributed by atoms with Crippen LogP contribution in [0.4, 0.5) is 13.2 Å². The van der Waals surface area contributed by atoms with Crippen molar-refractivity contribution in [3.63, 3.8) is 0 Å². The normalized spacial score (nSPS) is 11.6. The zero-order valence-corrected chi connectivity index (χ0v) is 18.9. The largest absolute Gasteiger partial charge is 0.468 e. The molecule has 3 aromatic heterocycles. The summed E-state index contributed by atoms with van der Waals surface area (Å²) in [7, 11) is 0. The minimum Gasteiger partial charge on any atom is -0.468 e. The van der Waals surface area contributed by atoms with Crippen LogP contribution in [-0.4, -0.2) is 57.4 Å². The number of hydrogen-bond acceptors (Lipinski definition) is 6. The van der Waals surface area contributed by atoms with Crippen molar-refractivity contribution < 1.29 is 27.5 Å². The number of aryl methyl sites for hydroxylation is 1. The van der Waals surface area contributed by atoms with Gasteiger partial charge in [0, 0.05) is 43.2 Å². The summed E-state index contributed by atoms with van der Waals surface area (Å²) >= 11 is 0.